The highest BCUT2D eigenvalue weighted by molar-refractivity contribution is 4.53. The van der Waals surface area contributed by atoms with E-state index in [1.165, 1.54) is 0 Å². The average Bonchev–Trinajstić information content (AvgIpc) is 2.39. The fourth-order valence-electron chi connectivity index (χ4n) is 1.40. The minimum absolute atomic E-state index is 0.284. The Hall–Kier alpha value is -0.200. The van der Waals surface area contributed by atoms with Crippen LogP contribution in [-0.4, -0.2) is 64.9 Å². The van der Waals surface area contributed by atoms with Gasteiger partial charge in [-0.3, -0.25) is 0 Å². The number of hydrogen-bond donors (Lipinski definition) is 2. The quantitative estimate of drug-likeness (QED) is 0.451. The predicted molar refractivity (Wildman–Crippen MR) is 71.9 cm³/mol. The number of nitrogens with one attached hydrogen (secondary N) is 1. The van der Waals surface area contributed by atoms with Gasteiger partial charge in [-0.05, 0) is 25.3 Å². The third kappa shape index (κ3) is 13.9. The summed E-state index contributed by atoms with van der Waals surface area (Å²) in [4.78, 5) is 0. The summed E-state index contributed by atoms with van der Waals surface area (Å²) in [5, 5.41) is 12.2. The minimum atomic E-state index is 0.284. The van der Waals surface area contributed by atoms with Gasteiger partial charge in [-0.25, -0.2) is 0 Å². The summed E-state index contributed by atoms with van der Waals surface area (Å²) in [6.45, 7) is 7.42. The molecule has 0 rings (SSSR count). The lowest BCUT2D eigenvalue weighted by Gasteiger charge is -2.09. The normalized spacial score (nSPS) is 12.8. The van der Waals surface area contributed by atoms with E-state index in [9.17, 15) is 0 Å². The van der Waals surface area contributed by atoms with Crippen molar-refractivity contribution in [2.24, 2.45) is 5.92 Å². The molecule has 0 saturated carbocycles. The summed E-state index contributed by atoms with van der Waals surface area (Å²) < 4.78 is 15.5. The number of aliphatic hydroxyl groups is 1. The zero-order valence-corrected chi connectivity index (χ0v) is 11.8. The maximum absolute atomic E-state index is 8.85. The van der Waals surface area contributed by atoms with Crippen LogP contribution in [0.3, 0.4) is 0 Å². The Labute approximate surface area is 111 Å². The lowest BCUT2D eigenvalue weighted by molar-refractivity contribution is 0.0256. The fraction of sp³-hybridized carbons (Fsp3) is 1.00. The van der Waals surface area contributed by atoms with Crippen molar-refractivity contribution < 1.29 is 19.3 Å². The van der Waals surface area contributed by atoms with Crippen molar-refractivity contribution in [3.8, 4) is 0 Å². The molecular formula is C13H29NO4. The second-order valence-corrected chi connectivity index (χ2v) is 4.40. The van der Waals surface area contributed by atoms with Crippen molar-refractivity contribution in [1.29, 1.82) is 0 Å². The van der Waals surface area contributed by atoms with Crippen molar-refractivity contribution in [1.82, 2.24) is 5.32 Å². The molecule has 0 saturated heterocycles. The lowest BCUT2D eigenvalue weighted by Crippen LogP contribution is -2.22. The Morgan fingerprint density at radius 1 is 1.00 bits per heavy atom. The van der Waals surface area contributed by atoms with Gasteiger partial charge in [0.2, 0.25) is 0 Å². The van der Waals surface area contributed by atoms with Gasteiger partial charge in [-0.1, -0.05) is 6.92 Å². The molecule has 5 nitrogen and oxygen atoms in total. The number of ether oxygens (including phenoxy) is 3. The molecule has 0 radical (unpaired) electrons. The number of methoxy groups -OCH3 is 1. The van der Waals surface area contributed by atoms with Crippen LogP contribution < -0.4 is 5.32 Å². The Bertz CT molecular complexity index is 158. The van der Waals surface area contributed by atoms with Gasteiger partial charge in [0.1, 0.15) is 0 Å². The van der Waals surface area contributed by atoms with Crippen molar-refractivity contribution in [3.63, 3.8) is 0 Å². The third-order valence-electron chi connectivity index (χ3n) is 2.59. The second-order valence-electron chi connectivity index (χ2n) is 4.40. The molecule has 0 spiro atoms. The molecule has 1 atom stereocenters. The predicted octanol–water partition coefficient (Wildman–Crippen LogP) is 0.664. The van der Waals surface area contributed by atoms with Gasteiger partial charge in [0.05, 0.1) is 33.0 Å². The summed E-state index contributed by atoms with van der Waals surface area (Å²) in [7, 11) is 1.66. The molecule has 0 heterocycles. The van der Waals surface area contributed by atoms with Crippen LogP contribution in [0.15, 0.2) is 0 Å². The minimum Gasteiger partial charge on any atom is -0.396 e. The van der Waals surface area contributed by atoms with E-state index in [0.29, 0.717) is 39.0 Å². The molecular weight excluding hydrogens is 234 g/mol. The molecule has 0 aromatic heterocycles. The highest BCUT2D eigenvalue weighted by Crippen LogP contribution is 2.02. The zero-order valence-electron chi connectivity index (χ0n) is 11.8. The molecule has 0 fully saturated rings. The van der Waals surface area contributed by atoms with Crippen LogP contribution in [0, 0.1) is 5.92 Å². The van der Waals surface area contributed by atoms with E-state index in [-0.39, 0.29) is 6.61 Å². The molecule has 2 N–H and O–H groups in total. The maximum atomic E-state index is 8.85. The van der Waals surface area contributed by atoms with Crippen molar-refractivity contribution in [2.75, 3.05) is 59.8 Å². The average molecular weight is 263 g/mol. The summed E-state index contributed by atoms with van der Waals surface area (Å²) in [6.07, 6.45) is 2.17. The third-order valence-corrected chi connectivity index (χ3v) is 2.59. The summed E-state index contributed by atoms with van der Waals surface area (Å²) in [6, 6.07) is 0. The smallest absolute Gasteiger partial charge is 0.0701 e. The molecule has 0 aromatic rings. The first kappa shape index (κ1) is 17.8. The Morgan fingerprint density at radius 3 is 2.33 bits per heavy atom. The number of rotatable bonds is 14. The first-order valence-corrected chi connectivity index (χ1v) is 6.77. The van der Waals surface area contributed by atoms with Crippen LogP contribution in [-0.2, 0) is 14.2 Å². The SMILES string of the molecule is COCCOCCOCCNCCCC(C)CO. The molecule has 0 aliphatic carbocycles. The van der Waals surface area contributed by atoms with Gasteiger partial charge in [-0.15, -0.1) is 0 Å². The van der Waals surface area contributed by atoms with Gasteiger partial charge < -0.3 is 24.6 Å². The van der Waals surface area contributed by atoms with E-state index >= 15 is 0 Å². The van der Waals surface area contributed by atoms with E-state index in [2.05, 4.69) is 12.2 Å². The van der Waals surface area contributed by atoms with Crippen LogP contribution >= 0.6 is 0 Å². The lowest BCUT2D eigenvalue weighted by atomic mass is 10.1. The molecule has 0 aliphatic rings. The second kappa shape index (κ2) is 14.9. The fourth-order valence-corrected chi connectivity index (χ4v) is 1.40. The van der Waals surface area contributed by atoms with E-state index in [0.717, 1.165) is 25.9 Å². The Morgan fingerprint density at radius 2 is 1.67 bits per heavy atom. The van der Waals surface area contributed by atoms with Gasteiger partial charge in [-0.2, -0.15) is 0 Å². The largest absolute Gasteiger partial charge is 0.396 e. The molecule has 0 aromatic carbocycles. The number of hydrogen-bond acceptors (Lipinski definition) is 5. The highest BCUT2D eigenvalue weighted by Gasteiger charge is 1.98. The van der Waals surface area contributed by atoms with E-state index < -0.39 is 0 Å². The first-order valence-electron chi connectivity index (χ1n) is 6.77. The maximum Gasteiger partial charge on any atom is 0.0701 e. The molecule has 0 amide bonds. The van der Waals surface area contributed by atoms with Crippen LogP contribution in [0.2, 0.25) is 0 Å². The molecule has 1 unspecified atom stereocenters. The summed E-state index contributed by atoms with van der Waals surface area (Å²) in [5.74, 6) is 0.410. The van der Waals surface area contributed by atoms with Crippen LogP contribution in [0.1, 0.15) is 19.8 Å². The molecule has 5 heteroatoms. The Kier molecular flexibility index (Phi) is 14.7. The topological polar surface area (TPSA) is 60.0 Å². The highest BCUT2D eigenvalue weighted by atomic mass is 16.5. The molecule has 18 heavy (non-hydrogen) atoms. The molecule has 110 valence electrons. The summed E-state index contributed by atoms with van der Waals surface area (Å²) in [5.41, 5.74) is 0. The number of aliphatic hydroxyl groups excluding tert-OH is 1. The van der Waals surface area contributed by atoms with Crippen molar-refractivity contribution in [2.45, 2.75) is 19.8 Å². The molecule has 0 bridgehead atoms. The van der Waals surface area contributed by atoms with Gasteiger partial charge in [0.25, 0.3) is 0 Å². The van der Waals surface area contributed by atoms with Crippen LogP contribution in [0.25, 0.3) is 0 Å². The van der Waals surface area contributed by atoms with E-state index in [1.54, 1.807) is 7.11 Å². The van der Waals surface area contributed by atoms with E-state index in [4.69, 9.17) is 19.3 Å². The van der Waals surface area contributed by atoms with Gasteiger partial charge in [0.15, 0.2) is 0 Å². The van der Waals surface area contributed by atoms with E-state index in [1.807, 2.05) is 0 Å². The zero-order chi connectivity index (χ0) is 13.5. The summed E-state index contributed by atoms with van der Waals surface area (Å²) >= 11 is 0. The van der Waals surface area contributed by atoms with Crippen molar-refractivity contribution in [3.05, 3.63) is 0 Å². The van der Waals surface area contributed by atoms with Gasteiger partial charge >= 0.3 is 0 Å². The van der Waals surface area contributed by atoms with Gasteiger partial charge in [0, 0.05) is 20.3 Å². The molecule has 0 aliphatic heterocycles. The van der Waals surface area contributed by atoms with Crippen molar-refractivity contribution >= 4 is 0 Å². The Balaban J connectivity index is 2.94. The van der Waals surface area contributed by atoms with Crippen LogP contribution in [0.4, 0.5) is 0 Å². The standard InChI is InChI=1S/C13H29NO4/c1-13(12-15)4-3-5-14-6-7-17-10-11-18-9-8-16-2/h13-15H,3-12H2,1-2H3. The van der Waals surface area contributed by atoms with Crippen LogP contribution in [0.5, 0.6) is 0 Å². The first-order chi connectivity index (χ1) is 8.81. The monoisotopic (exact) mass is 263 g/mol.